The van der Waals surface area contributed by atoms with Crippen LogP contribution < -0.4 is 14.8 Å². The molecule has 1 amide bonds. The van der Waals surface area contributed by atoms with Crippen molar-refractivity contribution >= 4 is 27.3 Å². The van der Waals surface area contributed by atoms with Crippen LogP contribution in [0.1, 0.15) is 10.4 Å². The third-order valence-electron chi connectivity index (χ3n) is 3.65. The van der Waals surface area contributed by atoms with E-state index in [1.165, 1.54) is 37.7 Å². The minimum absolute atomic E-state index is 0.0717. The molecule has 3 aromatic rings. The molecular formula is C19H17N3O4S. The zero-order valence-corrected chi connectivity index (χ0v) is 15.2. The number of hydrogen-bond acceptors (Lipinski definition) is 5. The van der Waals surface area contributed by atoms with Gasteiger partial charge in [0.25, 0.3) is 15.9 Å². The number of nitrogens with zero attached hydrogens (tertiary/aromatic N) is 1. The third-order valence-corrected chi connectivity index (χ3v) is 5.05. The average molecular weight is 383 g/mol. The fourth-order valence-electron chi connectivity index (χ4n) is 2.31. The highest BCUT2D eigenvalue weighted by Gasteiger charge is 2.16. The molecule has 7 nitrogen and oxygen atoms in total. The number of carbonyl (C=O) groups is 1. The lowest BCUT2D eigenvalue weighted by atomic mass is 10.2. The zero-order chi connectivity index (χ0) is 19.3. The maximum Gasteiger partial charge on any atom is 0.261 e. The number of methoxy groups -OCH3 is 1. The van der Waals surface area contributed by atoms with Crippen LogP contribution in [-0.4, -0.2) is 26.4 Å². The molecule has 1 heterocycles. The molecule has 2 aromatic carbocycles. The van der Waals surface area contributed by atoms with Crippen molar-refractivity contribution in [2.75, 3.05) is 17.1 Å². The summed E-state index contributed by atoms with van der Waals surface area (Å²) in [4.78, 5) is 16.3. The van der Waals surface area contributed by atoms with Crippen LogP contribution in [-0.2, 0) is 10.0 Å². The first kappa shape index (κ1) is 18.4. The molecule has 0 aliphatic heterocycles. The van der Waals surface area contributed by atoms with E-state index < -0.39 is 10.0 Å². The summed E-state index contributed by atoms with van der Waals surface area (Å²) in [5.41, 5.74) is 1.05. The molecule has 0 bridgehead atoms. The zero-order valence-electron chi connectivity index (χ0n) is 14.4. The Bertz CT molecular complexity index is 1040. The number of nitrogens with one attached hydrogen (secondary N) is 2. The number of anilines is 2. The second-order valence-electron chi connectivity index (χ2n) is 5.56. The molecule has 0 aliphatic rings. The third kappa shape index (κ3) is 4.62. The summed E-state index contributed by atoms with van der Waals surface area (Å²) in [7, 11) is -2.32. The maximum atomic E-state index is 12.5. The molecule has 8 heteroatoms. The summed E-state index contributed by atoms with van der Waals surface area (Å²) >= 11 is 0. The van der Waals surface area contributed by atoms with E-state index in [1.54, 1.807) is 36.4 Å². The van der Waals surface area contributed by atoms with E-state index in [0.29, 0.717) is 11.4 Å². The summed E-state index contributed by atoms with van der Waals surface area (Å²) in [5.74, 6) is 0.161. The first-order valence-corrected chi connectivity index (χ1v) is 9.44. The Hall–Kier alpha value is -3.39. The minimum Gasteiger partial charge on any atom is -0.497 e. The van der Waals surface area contributed by atoms with E-state index in [9.17, 15) is 13.2 Å². The van der Waals surface area contributed by atoms with Gasteiger partial charge in [0, 0.05) is 11.9 Å². The second kappa shape index (κ2) is 7.88. The molecule has 0 fully saturated rings. The number of para-hydroxylation sites is 1. The van der Waals surface area contributed by atoms with Crippen molar-refractivity contribution in [3.63, 3.8) is 0 Å². The van der Waals surface area contributed by atoms with Gasteiger partial charge in [-0.15, -0.1) is 0 Å². The summed E-state index contributed by atoms with van der Waals surface area (Å²) in [6.45, 7) is 0. The molecule has 0 aliphatic carbocycles. The van der Waals surface area contributed by atoms with Gasteiger partial charge in [-0.3, -0.25) is 14.5 Å². The number of hydrogen-bond donors (Lipinski definition) is 2. The highest BCUT2D eigenvalue weighted by atomic mass is 32.2. The molecular weight excluding hydrogens is 366 g/mol. The molecule has 3 rings (SSSR count). The van der Waals surface area contributed by atoms with E-state index in [4.69, 9.17) is 4.74 Å². The van der Waals surface area contributed by atoms with Gasteiger partial charge in [-0.25, -0.2) is 8.42 Å². The van der Waals surface area contributed by atoms with Gasteiger partial charge < -0.3 is 10.1 Å². The summed E-state index contributed by atoms with van der Waals surface area (Å²) in [6.07, 6.45) is 2.70. The van der Waals surface area contributed by atoms with E-state index >= 15 is 0 Å². The Labute approximate surface area is 157 Å². The first-order valence-electron chi connectivity index (χ1n) is 7.96. The topological polar surface area (TPSA) is 97.4 Å². The minimum atomic E-state index is -3.82. The van der Waals surface area contributed by atoms with Crippen LogP contribution in [0, 0.1) is 0 Å². The van der Waals surface area contributed by atoms with Crippen molar-refractivity contribution in [3.8, 4) is 5.75 Å². The molecule has 27 heavy (non-hydrogen) atoms. The highest BCUT2D eigenvalue weighted by Crippen LogP contribution is 2.19. The van der Waals surface area contributed by atoms with Crippen LogP contribution in [0.5, 0.6) is 5.75 Å². The molecule has 0 spiro atoms. The van der Waals surface area contributed by atoms with Crippen molar-refractivity contribution in [1.82, 2.24) is 4.98 Å². The quantitative estimate of drug-likeness (QED) is 0.681. The van der Waals surface area contributed by atoms with E-state index in [-0.39, 0.29) is 22.1 Å². The smallest absolute Gasteiger partial charge is 0.261 e. The maximum absolute atomic E-state index is 12.5. The predicted octanol–water partition coefficient (Wildman–Crippen LogP) is 3.14. The van der Waals surface area contributed by atoms with Crippen LogP contribution in [0.25, 0.3) is 0 Å². The van der Waals surface area contributed by atoms with Gasteiger partial charge in [-0.1, -0.05) is 18.2 Å². The SMILES string of the molecule is COc1ccc(S(=O)(=O)Nc2cncc(C(=O)Nc3ccccc3)c2)cc1. The first-order chi connectivity index (χ1) is 13.0. The van der Waals surface area contributed by atoms with Gasteiger partial charge >= 0.3 is 0 Å². The Morgan fingerprint density at radius 1 is 0.963 bits per heavy atom. The van der Waals surface area contributed by atoms with Gasteiger partial charge in [-0.05, 0) is 42.5 Å². The fourth-order valence-corrected chi connectivity index (χ4v) is 3.35. The van der Waals surface area contributed by atoms with E-state index in [2.05, 4.69) is 15.0 Å². The molecule has 138 valence electrons. The number of sulfonamides is 1. The van der Waals surface area contributed by atoms with E-state index in [1.807, 2.05) is 6.07 Å². The van der Waals surface area contributed by atoms with Gasteiger partial charge in [0.05, 0.1) is 29.5 Å². The monoisotopic (exact) mass is 383 g/mol. The Morgan fingerprint density at radius 2 is 1.67 bits per heavy atom. The number of aromatic nitrogens is 1. The van der Waals surface area contributed by atoms with Gasteiger partial charge in [-0.2, -0.15) is 0 Å². The van der Waals surface area contributed by atoms with Crippen LogP contribution >= 0.6 is 0 Å². The van der Waals surface area contributed by atoms with Gasteiger partial charge in [0.2, 0.25) is 0 Å². The van der Waals surface area contributed by atoms with Crippen molar-refractivity contribution in [2.24, 2.45) is 0 Å². The molecule has 2 N–H and O–H groups in total. The van der Waals surface area contributed by atoms with Crippen molar-refractivity contribution in [2.45, 2.75) is 4.90 Å². The van der Waals surface area contributed by atoms with Crippen LogP contribution in [0.3, 0.4) is 0 Å². The number of benzene rings is 2. The van der Waals surface area contributed by atoms with E-state index in [0.717, 1.165) is 0 Å². The fraction of sp³-hybridized carbons (Fsp3) is 0.0526. The van der Waals surface area contributed by atoms with Crippen molar-refractivity contribution in [1.29, 1.82) is 0 Å². The molecule has 0 saturated heterocycles. The average Bonchev–Trinajstić information content (AvgIpc) is 2.68. The lowest BCUT2D eigenvalue weighted by Gasteiger charge is -2.10. The number of carbonyl (C=O) groups excluding carboxylic acids is 1. The van der Waals surface area contributed by atoms with Gasteiger partial charge in [0.15, 0.2) is 0 Å². The summed E-state index contributed by atoms with van der Waals surface area (Å²) < 4.78 is 32.4. The van der Waals surface area contributed by atoms with Crippen LogP contribution in [0.2, 0.25) is 0 Å². The number of amides is 1. The Balaban J connectivity index is 1.77. The second-order valence-corrected chi connectivity index (χ2v) is 7.25. The molecule has 1 aromatic heterocycles. The predicted molar refractivity (Wildman–Crippen MR) is 102 cm³/mol. The van der Waals surface area contributed by atoms with Gasteiger partial charge in [0.1, 0.15) is 5.75 Å². The number of pyridine rings is 1. The Kier molecular flexibility index (Phi) is 5.37. The normalized spacial score (nSPS) is 10.9. The molecule has 0 saturated carbocycles. The largest absolute Gasteiger partial charge is 0.497 e. The van der Waals surface area contributed by atoms with Crippen molar-refractivity contribution < 1.29 is 17.9 Å². The molecule has 0 unspecified atom stereocenters. The number of rotatable bonds is 6. The standard InChI is InChI=1S/C19H17N3O4S/c1-26-17-7-9-18(10-8-17)27(24,25)22-16-11-14(12-20-13-16)19(23)21-15-5-3-2-4-6-15/h2-13,22H,1H3,(H,21,23). The lowest BCUT2D eigenvalue weighted by molar-refractivity contribution is 0.102. The van der Waals surface area contributed by atoms with Crippen LogP contribution in [0.4, 0.5) is 11.4 Å². The lowest BCUT2D eigenvalue weighted by Crippen LogP contribution is -2.15. The Morgan fingerprint density at radius 3 is 2.33 bits per heavy atom. The van der Waals surface area contributed by atoms with Crippen molar-refractivity contribution in [3.05, 3.63) is 78.6 Å². The number of ether oxygens (including phenoxy) is 1. The summed E-state index contributed by atoms with van der Waals surface area (Å²) in [5, 5.41) is 2.72. The molecule has 0 atom stereocenters. The summed E-state index contributed by atoms with van der Waals surface area (Å²) in [6, 6.07) is 16.3. The molecule has 0 radical (unpaired) electrons. The van der Waals surface area contributed by atoms with Crippen LogP contribution in [0.15, 0.2) is 78.0 Å². The highest BCUT2D eigenvalue weighted by molar-refractivity contribution is 7.92.